The molecule has 1 saturated heterocycles. The third-order valence-corrected chi connectivity index (χ3v) is 11.0. The van der Waals surface area contributed by atoms with Gasteiger partial charge in [-0.2, -0.15) is 8.42 Å². The lowest BCUT2D eigenvalue weighted by molar-refractivity contribution is -0.297. The second-order valence-electron chi connectivity index (χ2n) is 15.8. The fourth-order valence-electron chi connectivity index (χ4n) is 6.71. The van der Waals surface area contributed by atoms with Gasteiger partial charge in [0.05, 0.1) is 6.61 Å². The van der Waals surface area contributed by atoms with Crippen LogP contribution in [0.25, 0.3) is 0 Å². The summed E-state index contributed by atoms with van der Waals surface area (Å²) < 4.78 is 54.0. The lowest BCUT2D eigenvalue weighted by Crippen LogP contribution is -2.60. The molecule has 0 amide bonds. The Morgan fingerprint density at radius 1 is 0.621 bits per heavy atom. The van der Waals surface area contributed by atoms with Crippen molar-refractivity contribution in [2.45, 2.75) is 224 Å². The van der Waals surface area contributed by atoms with Gasteiger partial charge in [-0.1, -0.05) is 122 Å². The van der Waals surface area contributed by atoms with E-state index in [1.165, 1.54) is 83.5 Å². The lowest BCUT2D eigenvalue weighted by Gasteiger charge is -2.40. The maximum absolute atomic E-state index is 12.8. The number of allylic oxidation sites excluding steroid dienone is 3. The number of carbonyl (C=O) groups is 2. The average molecular weight is 845 g/mol. The Labute approximate surface area is 351 Å². The van der Waals surface area contributed by atoms with Crippen molar-refractivity contribution in [3.8, 4) is 0 Å². The molecule has 0 aromatic heterocycles. The minimum atomic E-state index is -4.60. The normalized spacial score (nSPS) is 20.1. The number of hydrogen-bond donors (Lipinski definition) is 4. The minimum absolute atomic E-state index is 0.144. The summed E-state index contributed by atoms with van der Waals surface area (Å²) in [6.07, 6.45) is 27.1. The molecule has 1 rings (SSSR count). The molecule has 0 saturated carbocycles. The molecule has 0 radical (unpaired) electrons. The molecule has 58 heavy (non-hydrogen) atoms. The highest BCUT2D eigenvalue weighted by Crippen LogP contribution is 2.24. The van der Waals surface area contributed by atoms with Crippen LogP contribution < -0.4 is 0 Å². The van der Waals surface area contributed by atoms with Gasteiger partial charge in [0.25, 0.3) is 10.1 Å². The first kappa shape index (κ1) is 53.9. The summed E-state index contributed by atoms with van der Waals surface area (Å²) in [5.74, 6) is -2.01. The standard InChI is InChI=1S/C45H80O12S/c1-3-5-7-9-11-13-15-17-19-21-23-25-27-29-31-33-40(46)54-35-38(36-55-45-44(50)43(49)42(48)39(57-45)37-58(51,52)53)56-41(47)34-32-30-28-26-24-22-20-18-16-14-12-10-8-6-4-2/h13,15-16,20,38-39,42-45,48-50H,3-12,14,17,19,21-37H2,1-2H3,(H,51,52,53)/b15-13+/t18?,38-,39-,42-,43?,44?,45+/m1/s1. The summed E-state index contributed by atoms with van der Waals surface area (Å²) in [4.78, 5) is 25.4. The highest BCUT2D eigenvalue weighted by molar-refractivity contribution is 7.85. The van der Waals surface area contributed by atoms with Gasteiger partial charge in [-0.25, -0.2) is 0 Å². The van der Waals surface area contributed by atoms with E-state index in [0.29, 0.717) is 12.8 Å². The molecule has 0 bridgehead atoms. The average Bonchev–Trinajstić information content (AvgIpc) is 3.18. The number of carbonyl (C=O) groups excluding carboxylic acids is 2. The Morgan fingerprint density at radius 3 is 1.62 bits per heavy atom. The third-order valence-electron chi connectivity index (χ3n) is 10.3. The minimum Gasteiger partial charge on any atom is -0.462 e. The molecule has 0 spiro atoms. The van der Waals surface area contributed by atoms with E-state index in [9.17, 15) is 37.9 Å². The van der Waals surface area contributed by atoms with E-state index < -0.39 is 71.2 Å². The predicted molar refractivity (Wildman–Crippen MR) is 228 cm³/mol. The van der Waals surface area contributed by atoms with E-state index >= 15 is 0 Å². The molecule has 4 N–H and O–H groups in total. The highest BCUT2D eigenvalue weighted by atomic mass is 32.2. The fraction of sp³-hybridized carbons (Fsp3) is 0.844. The van der Waals surface area contributed by atoms with Crippen LogP contribution in [0.3, 0.4) is 0 Å². The Balaban J connectivity index is 2.47. The molecule has 0 aromatic carbocycles. The second kappa shape index (κ2) is 35.6. The van der Waals surface area contributed by atoms with Crippen LogP contribution in [0.4, 0.5) is 0 Å². The van der Waals surface area contributed by atoms with Gasteiger partial charge in [0.1, 0.15) is 36.8 Å². The van der Waals surface area contributed by atoms with Gasteiger partial charge in [-0.3, -0.25) is 14.1 Å². The number of hydrogen-bond acceptors (Lipinski definition) is 11. The molecule has 1 aliphatic rings. The van der Waals surface area contributed by atoms with Crippen molar-refractivity contribution in [3.05, 3.63) is 30.0 Å². The van der Waals surface area contributed by atoms with Crippen LogP contribution in [0, 0.1) is 0 Å². The van der Waals surface area contributed by atoms with E-state index in [4.69, 9.17) is 18.9 Å². The van der Waals surface area contributed by atoms with Crippen molar-refractivity contribution in [1.82, 2.24) is 0 Å². The fourth-order valence-corrected chi connectivity index (χ4v) is 7.40. The van der Waals surface area contributed by atoms with E-state index in [2.05, 4.69) is 43.9 Å². The van der Waals surface area contributed by atoms with Crippen molar-refractivity contribution < 1.29 is 56.8 Å². The van der Waals surface area contributed by atoms with Crippen LogP contribution in [-0.2, 0) is 38.7 Å². The van der Waals surface area contributed by atoms with Gasteiger partial charge >= 0.3 is 11.9 Å². The van der Waals surface area contributed by atoms with Crippen molar-refractivity contribution in [3.63, 3.8) is 0 Å². The largest absolute Gasteiger partial charge is 0.462 e. The lowest BCUT2D eigenvalue weighted by atomic mass is 10.00. The van der Waals surface area contributed by atoms with Crippen LogP contribution >= 0.6 is 0 Å². The van der Waals surface area contributed by atoms with Crippen molar-refractivity contribution in [2.24, 2.45) is 0 Å². The van der Waals surface area contributed by atoms with Crippen molar-refractivity contribution in [1.29, 1.82) is 0 Å². The van der Waals surface area contributed by atoms with E-state index in [0.717, 1.165) is 64.2 Å². The number of esters is 2. The Hall–Kier alpha value is -2.09. The number of aliphatic hydroxyl groups excluding tert-OH is 3. The van der Waals surface area contributed by atoms with Crippen molar-refractivity contribution in [2.75, 3.05) is 19.0 Å². The summed E-state index contributed by atoms with van der Waals surface area (Å²) in [7, 11) is -4.60. The Kier molecular flexibility index (Phi) is 33.1. The monoisotopic (exact) mass is 845 g/mol. The maximum Gasteiger partial charge on any atom is 0.306 e. The van der Waals surface area contributed by atoms with Crippen molar-refractivity contribution >= 4 is 22.1 Å². The molecular formula is C45H80O12S. The number of ether oxygens (including phenoxy) is 4. The zero-order valence-corrected chi connectivity index (χ0v) is 36.8. The van der Waals surface area contributed by atoms with E-state index in [1.54, 1.807) is 0 Å². The molecule has 1 fully saturated rings. The summed E-state index contributed by atoms with van der Waals surface area (Å²) >= 11 is 0. The molecule has 1 aliphatic heterocycles. The van der Waals surface area contributed by atoms with Crippen LogP contribution in [0.15, 0.2) is 30.0 Å². The Morgan fingerprint density at radius 2 is 1.09 bits per heavy atom. The molecule has 13 heteroatoms. The molecule has 0 aliphatic carbocycles. The number of rotatable bonds is 37. The van der Waals surface area contributed by atoms with Gasteiger partial charge < -0.3 is 34.3 Å². The third kappa shape index (κ3) is 30.0. The molecule has 1 heterocycles. The van der Waals surface area contributed by atoms with Gasteiger partial charge in [-0.15, -0.1) is 5.73 Å². The summed E-state index contributed by atoms with van der Waals surface area (Å²) in [5, 5.41) is 30.9. The quantitative estimate of drug-likeness (QED) is 0.0153. The van der Waals surface area contributed by atoms with Crippen LogP contribution in [0.1, 0.15) is 187 Å². The molecule has 0 aromatic rings. The number of aliphatic hydroxyl groups is 3. The Bertz CT molecular complexity index is 1230. The maximum atomic E-state index is 12.8. The molecule has 338 valence electrons. The van der Waals surface area contributed by atoms with Crippen LogP contribution in [0.2, 0.25) is 0 Å². The molecule has 12 nitrogen and oxygen atoms in total. The summed E-state index contributed by atoms with van der Waals surface area (Å²) in [5.41, 5.74) is 3.27. The summed E-state index contributed by atoms with van der Waals surface area (Å²) in [6.45, 7) is 3.71. The smallest absolute Gasteiger partial charge is 0.306 e. The zero-order valence-electron chi connectivity index (χ0n) is 35.9. The van der Waals surface area contributed by atoms with E-state index in [-0.39, 0.29) is 19.4 Å². The van der Waals surface area contributed by atoms with Crippen LogP contribution in [0.5, 0.6) is 0 Å². The predicted octanol–water partition coefficient (Wildman–Crippen LogP) is 8.99. The zero-order chi connectivity index (χ0) is 42.7. The van der Waals surface area contributed by atoms with Crippen LogP contribution in [-0.4, -0.2) is 96.0 Å². The van der Waals surface area contributed by atoms with Gasteiger partial charge in [0.15, 0.2) is 12.4 Å². The SMILES string of the molecule is CCCCCC/C=C/CCCCCCCCCC(=O)OC[C@H](CO[C@H]1O[C@H](CS(=O)(=O)O)[C@@H](O)C(O)C1O)OC(=O)CCCCCCCC=C=CCCCCCCC. The van der Waals surface area contributed by atoms with E-state index in [1.807, 2.05) is 0 Å². The molecule has 6 atom stereocenters. The first-order chi connectivity index (χ1) is 28.0. The number of unbranched alkanes of at least 4 members (excludes halogenated alkanes) is 21. The summed E-state index contributed by atoms with van der Waals surface area (Å²) in [6, 6.07) is 0. The van der Waals surface area contributed by atoms with Gasteiger partial charge in [-0.05, 0) is 76.4 Å². The second-order valence-corrected chi connectivity index (χ2v) is 17.3. The first-order valence-electron chi connectivity index (χ1n) is 22.6. The van der Waals surface area contributed by atoms with Gasteiger partial charge in [0, 0.05) is 12.8 Å². The molecular weight excluding hydrogens is 765 g/mol. The molecule has 2 unspecified atom stereocenters. The first-order valence-corrected chi connectivity index (χ1v) is 24.2. The topological polar surface area (TPSA) is 186 Å². The highest BCUT2D eigenvalue weighted by Gasteiger charge is 2.46. The van der Waals surface area contributed by atoms with Gasteiger partial charge in [0.2, 0.25) is 0 Å².